The van der Waals surface area contributed by atoms with E-state index in [1.54, 1.807) is 12.1 Å². The lowest BCUT2D eigenvalue weighted by molar-refractivity contribution is -0.384. The van der Waals surface area contributed by atoms with E-state index in [4.69, 9.17) is 5.73 Å². The van der Waals surface area contributed by atoms with Crippen LogP contribution >= 0.6 is 0 Å². The van der Waals surface area contributed by atoms with E-state index >= 15 is 0 Å². The molecule has 4 N–H and O–H groups in total. The monoisotopic (exact) mass is 280 g/mol. The molecular weight excluding hydrogens is 260 g/mol. The number of nitro benzene ring substituents is 1. The van der Waals surface area contributed by atoms with Gasteiger partial charge in [0.1, 0.15) is 5.69 Å². The zero-order valence-electron chi connectivity index (χ0n) is 11.7. The van der Waals surface area contributed by atoms with Crippen molar-refractivity contribution in [2.75, 3.05) is 18.9 Å². The minimum atomic E-state index is -0.506. The van der Waals surface area contributed by atoms with Gasteiger partial charge in [-0.05, 0) is 18.6 Å². The summed E-state index contributed by atoms with van der Waals surface area (Å²) in [5.41, 5.74) is 6.15. The van der Waals surface area contributed by atoms with Gasteiger partial charge in [0.2, 0.25) is 0 Å². The highest BCUT2D eigenvalue weighted by Gasteiger charge is 2.19. The number of anilines is 1. The summed E-state index contributed by atoms with van der Waals surface area (Å²) in [4.78, 5) is 22.1. The van der Waals surface area contributed by atoms with E-state index in [9.17, 15) is 14.9 Å². The van der Waals surface area contributed by atoms with Gasteiger partial charge in [0, 0.05) is 31.3 Å². The smallest absolute Gasteiger partial charge is 0.293 e. The van der Waals surface area contributed by atoms with Crippen LogP contribution < -0.4 is 16.4 Å². The Balaban J connectivity index is 3.07. The Morgan fingerprint density at radius 1 is 1.50 bits per heavy atom. The van der Waals surface area contributed by atoms with Crippen LogP contribution in [0.5, 0.6) is 0 Å². The van der Waals surface area contributed by atoms with Crippen molar-refractivity contribution in [3.05, 3.63) is 33.9 Å². The summed E-state index contributed by atoms with van der Waals surface area (Å²) in [5, 5.41) is 16.6. The average Bonchev–Trinajstić information content (AvgIpc) is 2.45. The van der Waals surface area contributed by atoms with Crippen molar-refractivity contribution < 1.29 is 9.72 Å². The molecule has 1 amide bonds. The molecular formula is C13H20N4O3. The number of hydrogen-bond donors (Lipinski definition) is 3. The predicted octanol–water partition coefficient (Wildman–Crippen LogP) is 1.49. The summed E-state index contributed by atoms with van der Waals surface area (Å²) in [5.74, 6) is -0.358. The molecule has 0 saturated heterocycles. The zero-order chi connectivity index (χ0) is 15.1. The van der Waals surface area contributed by atoms with Crippen molar-refractivity contribution in [2.45, 2.75) is 25.8 Å². The topological polar surface area (TPSA) is 110 Å². The maximum Gasteiger partial charge on any atom is 0.293 e. The van der Waals surface area contributed by atoms with Crippen LogP contribution in [0.4, 0.5) is 11.4 Å². The maximum atomic E-state index is 11.5. The number of rotatable bonds is 7. The Morgan fingerprint density at radius 2 is 2.20 bits per heavy atom. The highest BCUT2D eigenvalue weighted by Crippen LogP contribution is 2.26. The van der Waals surface area contributed by atoms with Crippen molar-refractivity contribution in [2.24, 2.45) is 5.73 Å². The van der Waals surface area contributed by atoms with Crippen LogP contribution in [-0.4, -0.2) is 30.5 Å². The Hall–Kier alpha value is -2.15. The number of nitrogens with two attached hydrogens (primary N) is 1. The van der Waals surface area contributed by atoms with Crippen LogP contribution in [0.25, 0.3) is 0 Å². The zero-order valence-corrected chi connectivity index (χ0v) is 11.7. The molecule has 20 heavy (non-hydrogen) atoms. The second-order valence-electron chi connectivity index (χ2n) is 4.43. The first-order valence-corrected chi connectivity index (χ1v) is 6.50. The lowest BCUT2D eigenvalue weighted by Crippen LogP contribution is -2.29. The second-order valence-corrected chi connectivity index (χ2v) is 4.43. The molecule has 1 unspecified atom stereocenters. The highest BCUT2D eigenvalue weighted by atomic mass is 16.6. The van der Waals surface area contributed by atoms with Gasteiger partial charge in [-0.1, -0.05) is 13.3 Å². The van der Waals surface area contributed by atoms with Crippen LogP contribution in [0.2, 0.25) is 0 Å². The second kappa shape index (κ2) is 7.44. The fraction of sp³-hybridized carbons (Fsp3) is 0.462. The van der Waals surface area contributed by atoms with E-state index in [1.165, 1.54) is 13.1 Å². The molecule has 0 heterocycles. The molecule has 0 aliphatic heterocycles. The summed E-state index contributed by atoms with van der Waals surface area (Å²) >= 11 is 0. The third kappa shape index (κ3) is 3.92. The fourth-order valence-corrected chi connectivity index (χ4v) is 1.91. The number of carbonyl (C=O) groups excluding carboxylic acids is 1. The van der Waals surface area contributed by atoms with Gasteiger partial charge < -0.3 is 16.4 Å². The van der Waals surface area contributed by atoms with E-state index in [0.29, 0.717) is 12.2 Å². The van der Waals surface area contributed by atoms with E-state index in [2.05, 4.69) is 10.6 Å². The molecule has 1 aromatic rings. The van der Waals surface area contributed by atoms with Crippen LogP contribution in [-0.2, 0) is 0 Å². The number of nitro groups is 1. The molecule has 7 nitrogen and oxygen atoms in total. The van der Waals surface area contributed by atoms with Crippen molar-refractivity contribution in [3.8, 4) is 0 Å². The van der Waals surface area contributed by atoms with Gasteiger partial charge in [-0.25, -0.2) is 0 Å². The summed E-state index contributed by atoms with van der Waals surface area (Å²) < 4.78 is 0. The van der Waals surface area contributed by atoms with Gasteiger partial charge in [-0.3, -0.25) is 14.9 Å². The first-order chi connectivity index (χ1) is 9.53. The molecule has 1 aromatic carbocycles. The van der Waals surface area contributed by atoms with Crippen molar-refractivity contribution in [1.29, 1.82) is 0 Å². The lowest BCUT2D eigenvalue weighted by atomic mass is 10.1. The Bertz CT molecular complexity index is 491. The van der Waals surface area contributed by atoms with E-state index in [-0.39, 0.29) is 23.2 Å². The van der Waals surface area contributed by atoms with E-state index in [1.807, 2.05) is 6.92 Å². The van der Waals surface area contributed by atoms with E-state index in [0.717, 1.165) is 12.8 Å². The Labute approximate surface area is 117 Å². The minimum Gasteiger partial charge on any atom is -0.375 e. The molecule has 0 radical (unpaired) electrons. The Morgan fingerprint density at radius 3 is 2.70 bits per heavy atom. The van der Waals surface area contributed by atoms with Crippen LogP contribution in [0.1, 0.15) is 30.1 Å². The highest BCUT2D eigenvalue weighted by molar-refractivity contribution is 5.95. The third-order valence-electron chi connectivity index (χ3n) is 2.96. The normalized spacial score (nSPS) is 11.8. The number of benzene rings is 1. The number of hydrogen-bond acceptors (Lipinski definition) is 5. The molecule has 7 heteroatoms. The largest absolute Gasteiger partial charge is 0.375 e. The fourth-order valence-electron chi connectivity index (χ4n) is 1.91. The summed E-state index contributed by atoms with van der Waals surface area (Å²) in [7, 11) is 1.48. The molecule has 1 rings (SSSR count). The summed E-state index contributed by atoms with van der Waals surface area (Å²) in [6.45, 7) is 2.41. The minimum absolute atomic E-state index is 0.0236. The lowest BCUT2D eigenvalue weighted by Gasteiger charge is -2.17. The van der Waals surface area contributed by atoms with Gasteiger partial charge in [-0.2, -0.15) is 0 Å². The van der Waals surface area contributed by atoms with Crippen LogP contribution in [0, 0.1) is 10.1 Å². The van der Waals surface area contributed by atoms with E-state index < -0.39 is 4.92 Å². The first kappa shape index (κ1) is 15.9. The number of nitrogens with zero attached hydrogens (tertiary/aromatic N) is 1. The average molecular weight is 280 g/mol. The Kier molecular flexibility index (Phi) is 5.92. The summed E-state index contributed by atoms with van der Waals surface area (Å²) in [6, 6.07) is 4.33. The molecule has 0 aliphatic rings. The molecule has 110 valence electrons. The van der Waals surface area contributed by atoms with Crippen LogP contribution in [0.15, 0.2) is 18.2 Å². The molecule has 0 spiro atoms. The van der Waals surface area contributed by atoms with Crippen LogP contribution in [0.3, 0.4) is 0 Å². The number of nitrogens with one attached hydrogen (secondary N) is 2. The predicted molar refractivity (Wildman–Crippen MR) is 77.9 cm³/mol. The summed E-state index contributed by atoms with van der Waals surface area (Å²) in [6.07, 6.45) is 1.75. The molecule has 0 fully saturated rings. The van der Waals surface area contributed by atoms with Crippen molar-refractivity contribution in [1.82, 2.24) is 5.32 Å². The SMILES string of the molecule is CCCC(CN)Nc1ccc(C(=O)NC)cc1[N+](=O)[O-]. The van der Waals surface area contributed by atoms with Gasteiger partial charge >= 0.3 is 0 Å². The van der Waals surface area contributed by atoms with Gasteiger partial charge in [-0.15, -0.1) is 0 Å². The molecule has 1 atom stereocenters. The maximum absolute atomic E-state index is 11.5. The number of amides is 1. The molecule has 0 aromatic heterocycles. The molecule has 0 aliphatic carbocycles. The quantitative estimate of drug-likeness (QED) is 0.517. The molecule has 0 saturated carbocycles. The molecule has 0 bridgehead atoms. The van der Waals surface area contributed by atoms with Gasteiger partial charge in [0.05, 0.1) is 4.92 Å². The van der Waals surface area contributed by atoms with Gasteiger partial charge in [0.15, 0.2) is 0 Å². The van der Waals surface area contributed by atoms with Crippen molar-refractivity contribution in [3.63, 3.8) is 0 Å². The third-order valence-corrected chi connectivity index (χ3v) is 2.96. The van der Waals surface area contributed by atoms with Crippen molar-refractivity contribution >= 4 is 17.3 Å². The van der Waals surface area contributed by atoms with Gasteiger partial charge in [0.25, 0.3) is 11.6 Å². The first-order valence-electron chi connectivity index (χ1n) is 6.50. The number of carbonyl (C=O) groups is 1. The standard InChI is InChI=1S/C13H20N4O3/c1-3-4-10(8-14)16-11-6-5-9(13(18)15-2)7-12(11)17(19)20/h5-7,10,16H,3-4,8,14H2,1-2H3,(H,15,18).